The minimum Gasteiger partial charge on any atom is -0.405 e. The topological polar surface area (TPSA) is 90.5 Å². The number of nitro groups is 1. The van der Waals surface area contributed by atoms with E-state index in [9.17, 15) is 28.1 Å². The molecule has 8 nitrogen and oxygen atoms in total. The molecule has 146 valence electrons. The number of aryl methyl sites for hydroxylation is 2. The van der Waals surface area contributed by atoms with Crippen LogP contribution in [-0.2, 0) is 17.9 Å². The molecule has 0 saturated carbocycles. The fourth-order valence-electron chi connectivity index (χ4n) is 2.42. The highest BCUT2D eigenvalue weighted by molar-refractivity contribution is 5.75. The van der Waals surface area contributed by atoms with Gasteiger partial charge in [0.25, 0.3) is 0 Å². The third kappa shape index (κ3) is 5.69. The van der Waals surface area contributed by atoms with E-state index in [1.165, 1.54) is 40.9 Å². The van der Waals surface area contributed by atoms with Gasteiger partial charge in [0.05, 0.1) is 0 Å². The first-order valence-electron chi connectivity index (χ1n) is 7.82. The highest BCUT2D eigenvalue weighted by Crippen LogP contribution is 2.27. The van der Waals surface area contributed by atoms with Gasteiger partial charge >= 0.3 is 12.2 Å². The molecule has 0 fully saturated rings. The molecule has 0 aliphatic heterocycles. The summed E-state index contributed by atoms with van der Waals surface area (Å²) in [5.41, 5.74) is 0.208. The molecule has 0 aliphatic rings. The Morgan fingerprint density at radius 1 is 1.37 bits per heavy atom. The Balaban J connectivity index is 1.99. The number of halogens is 3. The Morgan fingerprint density at radius 3 is 2.63 bits per heavy atom. The summed E-state index contributed by atoms with van der Waals surface area (Å²) in [5, 5.41) is 10.7. The maximum atomic E-state index is 12.5. The quantitative estimate of drug-likeness (QED) is 0.539. The maximum absolute atomic E-state index is 12.5. The van der Waals surface area contributed by atoms with Gasteiger partial charge in [-0.15, -0.1) is 13.2 Å². The smallest absolute Gasteiger partial charge is 0.405 e. The third-order valence-corrected chi connectivity index (χ3v) is 3.75. The minimum absolute atomic E-state index is 0.00709. The van der Waals surface area contributed by atoms with Crippen molar-refractivity contribution in [3.8, 4) is 5.75 Å². The molecular weight excluding hydrogens is 369 g/mol. The van der Waals surface area contributed by atoms with Gasteiger partial charge in [0, 0.05) is 39.0 Å². The summed E-state index contributed by atoms with van der Waals surface area (Å²) >= 11 is 0. The van der Waals surface area contributed by atoms with Gasteiger partial charge in [-0.05, 0) is 16.0 Å². The van der Waals surface area contributed by atoms with Crippen LogP contribution in [0, 0.1) is 17.0 Å². The summed E-state index contributed by atoms with van der Waals surface area (Å²) in [7, 11) is 1.45. The zero-order valence-corrected chi connectivity index (χ0v) is 14.6. The predicted molar refractivity (Wildman–Crippen MR) is 87.8 cm³/mol. The Bertz CT molecular complexity index is 835. The van der Waals surface area contributed by atoms with Crippen molar-refractivity contribution in [1.29, 1.82) is 0 Å². The number of imidazole rings is 1. The zero-order valence-electron chi connectivity index (χ0n) is 14.6. The number of rotatable bonds is 7. The predicted octanol–water partition coefficient (Wildman–Crippen LogP) is 3.05. The molecule has 2 rings (SSSR count). The summed E-state index contributed by atoms with van der Waals surface area (Å²) < 4.78 is 42.8. The van der Waals surface area contributed by atoms with Crippen LogP contribution in [0.15, 0.2) is 30.5 Å². The van der Waals surface area contributed by atoms with Gasteiger partial charge in [-0.25, -0.2) is 0 Å². The van der Waals surface area contributed by atoms with Crippen molar-refractivity contribution in [1.82, 2.24) is 14.5 Å². The number of alkyl halides is 3. The van der Waals surface area contributed by atoms with Crippen LogP contribution in [0.25, 0.3) is 0 Å². The summed E-state index contributed by atoms with van der Waals surface area (Å²) in [6, 6.07) is 5.56. The van der Waals surface area contributed by atoms with Gasteiger partial charge < -0.3 is 24.3 Å². The van der Waals surface area contributed by atoms with E-state index in [0.717, 1.165) is 0 Å². The lowest BCUT2D eigenvalue weighted by molar-refractivity contribution is -0.389. The second-order valence-electron chi connectivity index (χ2n) is 5.75. The Morgan fingerprint density at radius 2 is 2.04 bits per heavy atom. The van der Waals surface area contributed by atoms with E-state index in [4.69, 9.17) is 0 Å². The van der Waals surface area contributed by atoms with Crippen molar-refractivity contribution in [3.63, 3.8) is 0 Å². The molecule has 0 aliphatic carbocycles. The second-order valence-corrected chi connectivity index (χ2v) is 5.75. The van der Waals surface area contributed by atoms with Gasteiger partial charge in [-0.2, -0.15) is 0 Å². The van der Waals surface area contributed by atoms with Crippen LogP contribution in [0.5, 0.6) is 5.75 Å². The molecule has 11 heteroatoms. The number of amides is 1. The summed E-state index contributed by atoms with van der Waals surface area (Å²) in [6.07, 6.45) is -3.59. The molecule has 0 bridgehead atoms. The van der Waals surface area contributed by atoms with Gasteiger partial charge in [-0.3, -0.25) is 4.79 Å². The number of aromatic nitrogens is 2. The molecule has 0 N–H and O–H groups in total. The van der Waals surface area contributed by atoms with E-state index >= 15 is 0 Å². The van der Waals surface area contributed by atoms with E-state index < -0.39 is 11.3 Å². The van der Waals surface area contributed by atoms with Gasteiger partial charge in [0.15, 0.2) is 0 Å². The first kappa shape index (κ1) is 20.2. The average Bonchev–Trinajstić information content (AvgIpc) is 2.94. The maximum Gasteiger partial charge on any atom is 0.573 e. The molecule has 1 aromatic carbocycles. The highest BCUT2D eigenvalue weighted by atomic mass is 19.4. The lowest BCUT2D eigenvalue weighted by Gasteiger charge is -2.20. The van der Waals surface area contributed by atoms with Crippen molar-refractivity contribution in [2.24, 2.45) is 0 Å². The van der Waals surface area contributed by atoms with E-state index in [2.05, 4.69) is 9.72 Å². The third-order valence-electron chi connectivity index (χ3n) is 3.75. The summed E-state index contributed by atoms with van der Waals surface area (Å²) in [6.45, 7) is 1.66. The van der Waals surface area contributed by atoms with Crippen LogP contribution < -0.4 is 4.74 Å². The average molecular weight is 386 g/mol. The number of carbonyl (C=O) groups excluding carboxylic acids is 1. The number of benzene rings is 1. The zero-order chi connectivity index (χ0) is 20.2. The Hall–Kier alpha value is -3.11. The fourth-order valence-corrected chi connectivity index (χ4v) is 2.42. The molecular formula is C16H17F3N4O4. The van der Waals surface area contributed by atoms with Gasteiger partial charge in [0.2, 0.25) is 11.7 Å². The van der Waals surface area contributed by atoms with Crippen LogP contribution in [0.3, 0.4) is 0 Å². The number of hydrogen-bond acceptors (Lipinski definition) is 5. The van der Waals surface area contributed by atoms with Crippen LogP contribution in [-0.4, -0.2) is 38.7 Å². The van der Waals surface area contributed by atoms with E-state index in [-0.39, 0.29) is 42.5 Å². The minimum atomic E-state index is -4.83. The number of hydrogen-bond donors (Lipinski definition) is 0. The van der Waals surface area contributed by atoms with Gasteiger partial charge in [0.1, 0.15) is 11.9 Å². The van der Waals surface area contributed by atoms with Crippen molar-refractivity contribution in [2.75, 3.05) is 7.05 Å². The number of carbonyl (C=O) groups is 1. The standard InChI is InChI=1S/C16H17F3N4O4/c1-11-20-14(23(25)26)10-22(11)8-7-15(24)21(2)9-12-5-3-4-6-13(12)27-16(17,18)19/h3-6,10H,7-9H2,1-2H3. The molecule has 0 radical (unpaired) electrons. The van der Waals surface area contributed by atoms with Crippen molar-refractivity contribution >= 4 is 11.7 Å². The lowest BCUT2D eigenvalue weighted by Crippen LogP contribution is -2.28. The molecule has 1 aromatic heterocycles. The number of ether oxygens (including phenoxy) is 1. The van der Waals surface area contributed by atoms with Crippen LogP contribution in [0.4, 0.5) is 19.0 Å². The molecule has 27 heavy (non-hydrogen) atoms. The molecule has 0 atom stereocenters. The first-order valence-corrected chi connectivity index (χ1v) is 7.82. The summed E-state index contributed by atoms with van der Waals surface area (Å²) in [5.74, 6) is -0.633. The number of para-hydroxylation sites is 1. The Kier molecular flexibility index (Phi) is 6.03. The lowest BCUT2D eigenvalue weighted by atomic mass is 10.2. The van der Waals surface area contributed by atoms with Gasteiger partial charge in [-0.1, -0.05) is 18.2 Å². The fraction of sp³-hybridized carbons (Fsp3) is 0.375. The van der Waals surface area contributed by atoms with Crippen LogP contribution >= 0.6 is 0 Å². The highest BCUT2D eigenvalue weighted by Gasteiger charge is 2.32. The number of nitrogens with zero attached hydrogens (tertiary/aromatic N) is 4. The van der Waals surface area contributed by atoms with Crippen molar-refractivity contribution in [2.45, 2.75) is 32.8 Å². The molecule has 2 aromatic rings. The monoisotopic (exact) mass is 386 g/mol. The molecule has 1 heterocycles. The SMILES string of the molecule is Cc1nc([N+](=O)[O-])cn1CCC(=O)N(C)Cc1ccccc1OC(F)(F)F. The molecule has 0 saturated heterocycles. The van der Waals surface area contributed by atoms with Crippen molar-refractivity contribution in [3.05, 3.63) is 52.0 Å². The van der Waals surface area contributed by atoms with E-state index in [1.54, 1.807) is 13.0 Å². The second kappa shape index (κ2) is 8.06. The van der Waals surface area contributed by atoms with Crippen molar-refractivity contribution < 1.29 is 27.6 Å². The van der Waals surface area contributed by atoms with E-state index in [0.29, 0.717) is 5.82 Å². The Labute approximate surface area is 152 Å². The molecule has 1 amide bonds. The largest absolute Gasteiger partial charge is 0.573 e. The van der Waals surface area contributed by atoms with Crippen LogP contribution in [0.1, 0.15) is 17.8 Å². The molecule has 0 spiro atoms. The molecule has 0 unspecified atom stereocenters. The summed E-state index contributed by atoms with van der Waals surface area (Å²) in [4.78, 5) is 27.4. The first-order chi connectivity index (χ1) is 12.6. The normalized spacial score (nSPS) is 11.3. The van der Waals surface area contributed by atoms with Crippen LogP contribution in [0.2, 0.25) is 0 Å². The van der Waals surface area contributed by atoms with E-state index in [1.807, 2.05) is 0 Å².